The average molecular weight is 523 g/mol. The monoisotopic (exact) mass is 522 g/mol. The van der Waals surface area contributed by atoms with Gasteiger partial charge in [0.25, 0.3) is 17.5 Å². The fourth-order valence-corrected chi connectivity index (χ4v) is 4.56. The van der Waals surface area contributed by atoms with E-state index in [2.05, 4.69) is 0 Å². The first kappa shape index (κ1) is 25.7. The zero-order valence-electron chi connectivity index (χ0n) is 19.6. The Hall–Kier alpha value is -4.42. The number of carbonyl (C=O) groups is 3. The number of anilines is 1. The van der Waals surface area contributed by atoms with Gasteiger partial charge in [-0.1, -0.05) is 35.9 Å². The van der Waals surface area contributed by atoms with Gasteiger partial charge in [-0.15, -0.1) is 0 Å². The molecule has 1 unspecified atom stereocenters. The number of hydrogen-bond acceptors (Lipinski definition) is 7. The van der Waals surface area contributed by atoms with Crippen molar-refractivity contribution in [3.05, 3.63) is 99.6 Å². The lowest BCUT2D eigenvalue weighted by molar-refractivity contribution is -0.384. The number of sulfonamides is 1. The lowest BCUT2D eigenvalue weighted by Gasteiger charge is -2.28. The first-order valence-corrected chi connectivity index (χ1v) is 12.6. The maximum atomic E-state index is 13.6. The molecule has 0 saturated carbocycles. The van der Waals surface area contributed by atoms with Gasteiger partial charge in [0, 0.05) is 24.2 Å². The van der Waals surface area contributed by atoms with Crippen LogP contribution in [0, 0.1) is 17.0 Å². The number of hydrogen-bond donors (Lipinski definition) is 1. The van der Waals surface area contributed by atoms with Crippen LogP contribution in [-0.4, -0.2) is 42.0 Å². The number of nitrogens with two attached hydrogens (primary N) is 1. The van der Waals surface area contributed by atoms with Gasteiger partial charge in [0.05, 0.1) is 21.9 Å². The number of nitro benzene ring substituents is 1. The molecule has 0 aromatic heterocycles. The van der Waals surface area contributed by atoms with Crippen molar-refractivity contribution in [3.63, 3.8) is 0 Å². The molecule has 12 heteroatoms. The van der Waals surface area contributed by atoms with Gasteiger partial charge in [-0.25, -0.2) is 18.5 Å². The molecule has 3 aromatic carbocycles. The average Bonchev–Trinajstić information content (AvgIpc) is 3.16. The summed E-state index contributed by atoms with van der Waals surface area (Å²) >= 11 is 0. The molecule has 37 heavy (non-hydrogen) atoms. The molecule has 1 aliphatic heterocycles. The van der Waals surface area contributed by atoms with Gasteiger partial charge in [-0.2, -0.15) is 0 Å². The molecule has 1 fully saturated rings. The molecule has 4 rings (SSSR count). The van der Waals surface area contributed by atoms with Crippen molar-refractivity contribution in [2.75, 3.05) is 4.90 Å². The minimum absolute atomic E-state index is 0.00230. The second-order valence-corrected chi connectivity index (χ2v) is 10.1. The topological polar surface area (TPSA) is 161 Å². The number of carbonyl (C=O) groups excluding carboxylic acids is 3. The van der Waals surface area contributed by atoms with E-state index in [1.54, 1.807) is 12.1 Å². The molecule has 190 valence electrons. The van der Waals surface area contributed by atoms with Crippen LogP contribution in [0.1, 0.15) is 27.9 Å². The molecule has 1 saturated heterocycles. The summed E-state index contributed by atoms with van der Waals surface area (Å²) in [7, 11) is -3.97. The van der Waals surface area contributed by atoms with Crippen molar-refractivity contribution in [2.24, 2.45) is 5.14 Å². The summed E-state index contributed by atoms with van der Waals surface area (Å²) in [6.45, 7) is 1.87. The molecule has 2 N–H and O–H groups in total. The van der Waals surface area contributed by atoms with Crippen LogP contribution in [0.25, 0.3) is 0 Å². The number of primary sulfonamides is 1. The third kappa shape index (κ3) is 5.39. The number of rotatable bonds is 7. The summed E-state index contributed by atoms with van der Waals surface area (Å²) in [5.74, 6) is -1.92. The summed E-state index contributed by atoms with van der Waals surface area (Å²) < 4.78 is 23.1. The molecule has 0 aliphatic carbocycles. The second kappa shape index (κ2) is 9.91. The number of nitro groups is 1. The van der Waals surface area contributed by atoms with E-state index in [-0.39, 0.29) is 34.8 Å². The Morgan fingerprint density at radius 1 is 1.08 bits per heavy atom. The lowest BCUT2D eigenvalue weighted by Crippen LogP contribution is -2.45. The fraction of sp³-hybridized carbons (Fsp3) is 0.160. The minimum atomic E-state index is -3.97. The third-order valence-electron chi connectivity index (χ3n) is 5.96. The quantitative estimate of drug-likeness (QED) is 0.283. The Balaban J connectivity index is 1.70. The predicted octanol–water partition coefficient (Wildman–Crippen LogP) is 2.53. The number of non-ortho nitro benzene ring substituents is 1. The van der Waals surface area contributed by atoms with Gasteiger partial charge in [0.15, 0.2) is 0 Å². The van der Waals surface area contributed by atoms with Crippen molar-refractivity contribution >= 4 is 39.1 Å². The first-order chi connectivity index (χ1) is 17.5. The van der Waals surface area contributed by atoms with Crippen molar-refractivity contribution in [1.82, 2.24) is 4.90 Å². The molecule has 1 atom stereocenters. The summed E-state index contributed by atoms with van der Waals surface area (Å²) in [4.78, 5) is 52.5. The zero-order chi connectivity index (χ0) is 26.9. The Kier molecular flexibility index (Phi) is 6.88. The maximum absolute atomic E-state index is 13.6. The normalized spacial score (nSPS) is 15.6. The van der Waals surface area contributed by atoms with E-state index in [9.17, 15) is 32.9 Å². The largest absolute Gasteiger partial charge is 0.322 e. The third-order valence-corrected chi connectivity index (χ3v) is 6.89. The van der Waals surface area contributed by atoms with E-state index in [1.165, 1.54) is 47.4 Å². The van der Waals surface area contributed by atoms with Crippen molar-refractivity contribution in [1.29, 1.82) is 0 Å². The highest BCUT2D eigenvalue weighted by Crippen LogP contribution is 2.29. The van der Waals surface area contributed by atoms with Crippen LogP contribution < -0.4 is 10.0 Å². The fourth-order valence-electron chi connectivity index (χ4n) is 4.05. The number of benzene rings is 3. The Morgan fingerprint density at radius 2 is 1.73 bits per heavy atom. The molecule has 0 spiro atoms. The molecular formula is C25H22N4O7S. The second-order valence-electron chi connectivity index (χ2n) is 8.55. The van der Waals surface area contributed by atoms with Gasteiger partial charge in [0.2, 0.25) is 15.9 Å². The molecule has 1 aliphatic rings. The van der Waals surface area contributed by atoms with E-state index in [0.717, 1.165) is 16.5 Å². The zero-order valence-corrected chi connectivity index (χ0v) is 20.4. The molecule has 1 heterocycles. The molecule has 11 nitrogen and oxygen atoms in total. The summed E-state index contributed by atoms with van der Waals surface area (Å²) in [5, 5.41) is 16.4. The van der Waals surface area contributed by atoms with Gasteiger partial charge >= 0.3 is 0 Å². The molecular weight excluding hydrogens is 500 g/mol. The smallest absolute Gasteiger partial charge is 0.270 e. The standard InChI is InChI=1S/C25H22N4O7S/c1-16-5-7-17(8-6-16)15-27(24(31)18-3-2-4-20(13-18)29(33)34)22-14-23(30)28(25(22)32)19-9-11-21(12-10-19)37(26,35)36/h2-13,22H,14-15H2,1H3,(H2,26,35,36). The highest BCUT2D eigenvalue weighted by molar-refractivity contribution is 7.89. The summed E-state index contributed by atoms with van der Waals surface area (Å²) in [5.41, 5.74) is 1.52. The number of aryl methyl sites for hydroxylation is 1. The number of amides is 3. The van der Waals surface area contributed by atoms with Crippen LogP contribution in [0.5, 0.6) is 0 Å². The maximum Gasteiger partial charge on any atom is 0.270 e. The van der Waals surface area contributed by atoms with Crippen LogP contribution in [0.2, 0.25) is 0 Å². The Morgan fingerprint density at radius 3 is 2.32 bits per heavy atom. The van der Waals surface area contributed by atoms with Gasteiger partial charge in [-0.05, 0) is 42.8 Å². The van der Waals surface area contributed by atoms with Crippen molar-refractivity contribution in [2.45, 2.75) is 30.8 Å². The molecule has 3 aromatic rings. The molecule has 0 bridgehead atoms. The first-order valence-electron chi connectivity index (χ1n) is 11.1. The summed E-state index contributed by atoms with van der Waals surface area (Å²) in [6, 6.07) is 16.1. The number of imide groups is 1. The summed E-state index contributed by atoms with van der Waals surface area (Å²) in [6.07, 6.45) is -0.317. The lowest BCUT2D eigenvalue weighted by atomic mass is 10.1. The van der Waals surface area contributed by atoms with Gasteiger partial charge in [0.1, 0.15) is 6.04 Å². The van der Waals surface area contributed by atoms with E-state index >= 15 is 0 Å². The highest BCUT2D eigenvalue weighted by atomic mass is 32.2. The highest BCUT2D eigenvalue weighted by Gasteiger charge is 2.44. The van der Waals surface area contributed by atoms with E-state index in [1.807, 2.05) is 19.1 Å². The van der Waals surface area contributed by atoms with E-state index < -0.39 is 38.7 Å². The number of nitrogens with zero attached hydrogens (tertiary/aromatic N) is 3. The van der Waals surface area contributed by atoms with Crippen LogP contribution in [-0.2, 0) is 26.2 Å². The SMILES string of the molecule is Cc1ccc(CN(C(=O)c2cccc([N+](=O)[O-])c2)C2CC(=O)N(c3ccc(S(N)(=O)=O)cc3)C2=O)cc1. The van der Waals surface area contributed by atoms with Crippen LogP contribution >= 0.6 is 0 Å². The Labute approximate surface area is 212 Å². The van der Waals surface area contributed by atoms with E-state index in [4.69, 9.17) is 5.14 Å². The Bertz CT molecular complexity index is 1500. The molecule has 3 amide bonds. The van der Waals surface area contributed by atoms with Crippen molar-refractivity contribution in [3.8, 4) is 0 Å². The van der Waals surface area contributed by atoms with Crippen molar-refractivity contribution < 1.29 is 27.7 Å². The predicted molar refractivity (Wildman–Crippen MR) is 133 cm³/mol. The molecule has 0 radical (unpaired) electrons. The van der Waals surface area contributed by atoms with Crippen LogP contribution in [0.4, 0.5) is 11.4 Å². The minimum Gasteiger partial charge on any atom is -0.322 e. The van der Waals surface area contributed by atoms with Crippen LogP contribution in [0.15, 0.2) is 77.7 Å². The van der Waals surface area contributed by atoms with Gasteiger partial charge in [-0.3, -0.25) is 24.5 Å². The van der Waals surface area contributed by atoms with Crippen LogP contribution in [0.3, 0.4) is 0 Å². The van der Waals surface area contributed by atoms with Gasteiger partial charge < -0.3 is 4.90 Å². The van der Waals surface area contributed by atoms with E-state index in [0.29, 0.717) is 5.56 Å².